The lowest BCUT2D eigenvalue weighted by atomic mass is 9.46. The molecule has 1 nitrogen and oxygen atoms in total. The van der Waals surface area contributed by atoms with Crippen LogP contribution in [0.15, 0.2) is 23.8 Å². The molecule has 0 aromatic rings. The third-order valence-corrected chi connectivity index (χ3v) is 7.47. The van der Waals surface area contributed by atoms with E-state index >= 15 is 4.39 Å². The van der Waals surface area contributed by atoms with Gasteiger partial charge < -0.3 is 5.11 Å². The van der Waals surface area contributed by atoms with Crippen LogP contribution >= 0.6 is 0 Å². The maximum atomic E-state index is 16.4. The first kappa shape index (κ1) is 14.0. The monoisotopic (exact) mass is 290 g/mol. The van der Waals surface area contributed by atoms with Gasteiger partial charge in [0.25, 0.3) is 0 Å². The molecule has 0 aromatic heterocycles. The summed E-state index contributed by atoms with van der Waals surface area (Å²) in [5.74, 6) is 0.484. The van der Waals surface area contributed by atoms with Gasteiger partial charge in [0.05, 0.1) is 6.10 Å². The molecule has 0 unspecified atom stereocenters. The van der Waals surface area contributed by atoms with Crippen molar-refractivity contribution in [3.63, 3.8) is 0 Å². The molecule has 0 amide bonds. The summed E-state index contributed by atoms with van der Waals surface area (Å²) in [6.45, 7) is 4.32. The van der Waals surface area contributed by atoms with E-state index in [4.69, 9.17) is 0 Å². The van der Waals surface area contributed by atoms with Crippen LogP contribution in [-0.2, 0) is 0 Å². The average molecular weight is 290 g/mol. The lowest BCUT2D eigenvalue weighted by molar-refractivity contribution is -0.188. The molecule has 21 heavy (non-hydrogen) atoms. The minimum atomic E-state index is -1.47. The highest BCUT2D eigenvalue weighted by Gasteiger charge is 2.68. The summed E-state index contributed by atoms with van der Waals surface area (Å²) in [4.78, 5) is 0. The fourth-order valence-electron chi connectivity index (χ4n) is 6.35. The summed E-state index contributed by atoms with van der Waals surface area (Å²) in [6.07, 6.45) is 12.5. The van der Waals surface area contributed by atoms with Gasteiger partial charge in [-0.2, -0.15) is 0 Å². The smallest absolute Gasteiger partial charge is 0.152 e. The fraction of sp³-hybridized carbons (Fsp3) is 0.789. The first-order valence-corrected chi connectivity index (χ1v) is 8.66. The van der Waals surface area contributed by atoms with E-state index in [2.05, 4.69) is 25.2 Å². The van der Waals surface area contributed by atoms with E-state index in [1.54, 1.807) is 0 Å². The highest BCUT2D eigenvalue weighted by molar-refractivity contribution is 5.37. The number of alkyl halides is 1. The van der Waals surface area contributed by atoms with Gasteiger partial charge in [0.2, 0.25) is 0 Å². The van der Waals surface area contributed by atoms with Gasteiger partial charge in [0.1, 0.15) is 0 Å². The third-order valence-electron chi connectivity index (χ3n) is 7.47. The molecule has 4 aliphatic rings. The zero-order valence-electron chi connectivity index (χ0n) is 13.2. The molecule has 4 aliphatic carbocycles. The van der Waals surface area contributed by atoms with E-state index in [-0.39, 0.29) is 11.3 Å². The zero-order valence-corrected chi connectivity index (χ0v) is 13.2. The summed E-state index contributed by atoms with van der Waals surface area (Å²) >= 11 is 0. The van der Waals surface area contributed by atoms with Crippen LogP contribution in [-0.4, -0.2) is 16.9 Å². The predicted molar refractivity (Wildman–Crippen MR) is 82.6 cm³/mol. The Labute approximate surface area is 127 Å². The molecule has 0 radical (unpaired) electrons. The van der Waals surface area contributed by atoms with Crippen LogP contribution in [0.4, 0.5) is 4.39 Å². The Morgan fingerprint density at radius 1 is 1.24 bits per heavy atom. The third kappa shape index (κ3) is 1.55. The number of rotatable bonds is 0. The van der Waals surface area contributed by atoms with E-state index in [0.29, 0.717) is 12.3 Å². The lowest BCUT2D eigenvalue weighted by Gasteiger charge is -2.61. The zero-order chi connectivity index (χ0) is 14.9. The minimum absolute atomic E-state index is 0.0265. The molecule has 0 heterocycles. The molecule has 3 saturated carbocycles. The molecule has 0 aliphatic heterocycles. The second kappa shape index (κ2) is 4.22. The Kier molecular flexibility index (Phi) is 2.81. The standard InChI is InChI=1S/C19H27FO/c1-17-10-5-7-14(17)15-9-8-13-6-3-4-11-18(13,2)19(15,20)16(21)12-17/h4,6,11,14-16,21H,3,5,7-10,12H2,1-2H3/t14-,15-,16-,17-,18-,19-/m0/s1. The van der Waals surface area contributed by atoms with E-state index in [0.717, 1.165) is 32.1 Å². The number of allylic oxidation sites excluding steroid dienone is 4. The Morgan fingerprint density at radius 2 is 2.05 bits per heavy atom. The molecular formula is C19H27FO. The largest absolute Gasteiger partial charge is 0.390 e. The molecule has 0 bridgehead atoms. The van der Waals surface area contributed by atoms with Crippen LogP contribution in [0.25, 0.3) is 0 Å². The van der Waals surface area contributed by atoms with Gasteiger partial charge in [-0.3, -0.25) is 0 Å². The van der Waals surface area contributed by atoms with Crippen LogP contribution in [0.2, 0.25) is 0 Å². The molecular weight excluding hydrogens is 263 g/mol. The number of aliphatic hydroxyl groups excluding tert-OH is 1. The Hall–Kier alpha value is -0.630. The fourth-order valence-corrected chi connectivity index (χ4v) is 6.35. The Bertz CT molecular complexity index is 524. The summed E-state index contributed by atoms with van der Waals surface area (Å²) in [5, 5.41) is 10.8. The van der Waals surface area contributed by atoms with Crippen molar-refractivity contribution in [1.29, 1.82) is 0 Å². The minimum Gasteiger partial charge on any atom is -0.390 e. The van der Waals surface area contributed by atoms with Gasteiger partial charge in [0, 0.05) is 11.3 Å². The van der Waals surface area contributed by atoms with Crippen molar-refractivity contribution in [2.45, 2.75) is 70.6 Å². The lowest BCUT2D eigenvalue weighted by Crippen LogP contribution is -2.65. The first-order valence-electron chi connectivity index (χ1n) is 8.66. The van der Waals surface area contributed by atoms with Crippen LogP contribution < -0.4 is 0 Å². The number of halogens is 1. The van der Waals surface area contributed by atoms with Gasteiger partial charge >= 0.3 is 0 Å². The molecule has 1 N–H and O–H groups in total. The van der Waals surface area contributed by atoms with Crippen molar-refractivity contribution in [2.24, 2.45) is 22.7 Å². The van der Waals surface area contributed by atoms with E-state index < -0.39 is 17.2 Å². The van der Waals surface area contributed by atoms with E-state index in [1.807, 2.05) is 6.92 Å². The molecule has 6 atom stereocenters. The van der Waals surface area contributed by atoms with Crippen molar-refractivity contribution >= 4 is 0 Å². The number of hydrogen-bond acceptors (Lipinski definition) is 1. The predicted octanol–water partition coefficient (Wildman–Crippen LogP) is 4.57. The van der Waals surface area contributed by atoms with Crippen LogP contribution in [0.3, 0.4) is 0 Å². The molecule has 0 spiro atoms. The molecule has 4 rings (SSSR count). The van der Waals surface area contributed by atoms with Crippen LogP contribution in [0, 0.1) is 22.7 Å². The van der Waals surface area contributed by atoms with Crippen molar-refractivity contribution in [3.8, 4) is 0 Å². The first-order chi connectivity index (χ1) is 9.92. The number of fused-ring (bicyclic) bond motifs is 5. The highest BCUT2D eigenvalue weighted by atomic mass is 19.1. The molecule has 0 aromatic carbocycles. The Balaban J connectivity index is 1.83. The Morgan fingerprint density at radius 3 is 2.86 bits per heavy atom. The molecule has 116 valence electrons. The topological polar surface area (TPSA) is 20.2 Å². The molecule has 0 saturated heterocycles. The number of hydrogen-bond donors (Lipinski definition) is 1. The van der Waals surface area contributed by atoms with Crippen molar-refractivity contribution in [2.75, 3.05) is 0 Å². The SMILES string of the molecule is C[C@@]12CCC[C@H]1[C@@H]1CCC3=CCC=C[C@]3(C)[C@@]1(F)[C@@H](O)C2. The van der Waals surface area contributed by atoms with E-state index in [1.165, 1.54) is 12.0 Å². The van der Waals surface area contributed by atoms with Crippen LogP contribution in [0.5, 0.6) is 0 Å². The maximum Gasteiger partial charge on any atom is 0.152 e. The van der Waals surface area contributed by atoms with Crippen molar-refractivity contribution in [1.82, 2.24) is 0 Å². The second-order valence-corrected chi connectivity index (χ2v) is 8.36. The van der Waals surface area contributed by atoms with Gasteiger partial charge in [0.15, 0.2) is 5.67 Å². The van der Waals surface area contributed by atoms with Crippen molar-refractivity contribution in [3.05, 3.63) is 23.8 Å². The number of aliphatic hydroxyl groups is 1. The van der Waals surface area contributed by atoms with Gasteiger partial charge in [-0.15, -0.1) is 0 Å². The second-order valence-electron chi connectivity index (χ2n) is 8.36. The summed E-state index contributed by atoms with van der Waals surface area (Å²) in [6, 6.07) is 0. The van der Waals surface area contributed by atoms with Gasteiger partial charge in [-0.05, 0) is 56.8 Å². The van der Waals surface area contributed by atoms with Crippen LogP contribution in [0.1, 0.15) is 58.8 Å². The summed E-state index contributed by atoms with van der Waals surface area (Å²) in [5.41, 5.74) is -0.667. The van der Waals surface area contributed by atoms with E-state index in [9.17, 15) is 5.11 Å². The maximum absolute atomic E-state index is 16.4. The molecule has 3 fully saturated rings. The van der Waals surface area contributed by atoms with Gasteiger partial charge in [-0.25, -0.2) is 4.39 Å². The molecule has 2 heteroatoms. The highest BCUT2D eigenvalue weighted by Crippen LogP contribution is 2.67. The summed E-state index contributed by atoms with van der Waals surface area (Å²) in [7, 11) is 0. The van der Waals surface area contributed by atoms with Crippen molar-refractivity contribution < 1.29 is 9.50 Å². The summed E-state index contributed by atoms with van der Waals surface area (Å²) < 4.78 is 16.4. The normalized spacial score (nSPS) is 55.4. The quantitative estimate of drug-likeness (QED) is 0.648. The average Bonchev–Trinajstić information content (AvgIpc) is 2.81. The van der Waals surface area contributed by atoms with Gasteiger partial charge in [-0.1, -0.05) is 37.1 Å².